The van der Waals surface area contributed by atoms with Gasteiger partial charge in [0.2, 0.25) is 0 Å². The molecule has 29 heavy (non-hydrogen) atoms. The van der Waals surface area contributed by atoms with Crippen LogP contribution in [0.5, 0.6) is 5.75 Å². The Morgan fingerprint density at radius 3 is 2.97 bits per heavy atom. The van der Waals surface area contributed by atoms with Crippen molar-refractivity contribution in [3.8, 4) is 5.75 Å². The fourth-order valence-corrected chi connectivity index (χ4v) is 3.36. The van der Waals surface area contributed by atoms with Crippen LogP contribution in [0.25, 0.3) is 0 Å². The first-order valence-electron chi connectivity index (χ1n) is 9.42. The molecule has 0 amide bonds. The first-order valence-corrected chi connectivity index (χ1v) is 9.80. The quantitative estimate of drug-likeness (QED) is 0.323. The molecule has 0 spiro atoms. The molecule has 0 bridgehead atoms. The lowest BCUT2D eigenvalue weighted by atomic mass is 10.1. The Morgan fingerprint density at radius 2 is 2.24 bits per heavy atom. The summed E-state index contributed by atoms with van der Waals surface area (Å²) in [6.45, 7) is 4.32. The monoisotopic (exact) mass is 534 g/mol. The normalized spacial score (nSPS) is 16.0. The molecule has 1 aromatic heterocycles. The number of rotatable bonds is 7. The number of halogens is 2. The Morgan fingerprint density at radius 1 is 1.41 bits per heavy atom. The van der Waals surface area contributed by atoms with E-state index in [0.717, 1.165) is 48.3 Å². The molecule has 1 aliphatic heterocycles. The molecular formula is C19H28ClIN6O2. The third-order valence-corrected chi connectivity index (χ3v) is 4.75. The van der Waals surface area contributed by atoms with Crippen molar-refractivity contribution in [1.29, 1.82) is 0 Å². The van der Waals surface area contributed by atoms with Gasteiger partial charge in [-0.3, -0.25) is 4.99 Å². The molecule has 1 aromatic carbocycles. The van der Waals surface area contributed by atoms with Crippen molar-refractivity contribution in [2.75, 3.05) is 20.8 Å². The molecule has 2 N–H and O–H groups in total. The number of nitrogens with zero attached hydrogens (tertiary/aromatic N) is 4. The molecule has 2 heterocycles. The van der Waals surface area contributed by atoms with E-state index in [-0.39, 0.29) is 30.0 Å². The summed E-state index contributed by atoms with van der Waals surface area (Å²) in [4.78, 5) is 8.86. The van der Waals surface area contributed by atoms with E-state index in [9.17, 15) is 0 Å². The third kappa shape index (κ3) is 6.45. The molecule has 8 nitrogen and oxygen atoms in total. The molecule has 0 radical (unpaired) electrons. The minimum absolute atomic E-state index is 0. The van der Waals surface area contributed by atoms with Crippen molar-refractivity contribution in [3.05, 3.63) is 40.4 Å². The van der Waals surface area contributed by atoms with Crippen molar-refractivity contribution in [2.45, 2.75) is 45.5 Å². The van der Waals surface area contributed by atoms with E-state index >= 15 is 0 Å². The first-order chi connectivity index (χ1) is 13.6. The lowest BCUT2D eigenvalue weighted by Crippen LogP contribution is -2.46. The van der Waals surface area contributed by atoms with Crippen LogP contribution >= 0.6 is 35.6 Å². The maximum atomic E-state index is 6.08. The van der Waals surface area contributed by atoms with E-state index in [1.807, 2.05) is 29.8 Å². The van der Waals surface area contributed by atoms with Gasteiger partial charge in [-0.2, -0.15) is 5.10 Å². The number of ether oxygens (including phenoxy) is 2. The van der Waals surface area contributed by atoms with Gasteiger partial charge in [0.15, 0.2) is 11.8 Å². The second kappa shape index (κ2) is 11.6. The summed E-state index contributed by atoms with van der Waals surface area (Å²) < 4.78 is 12.8. The van der Waals surface area contributed by atoms with E-state index in [2.05, 4.69) is 25.7 Å². The Kier molecular flexibility index (Phi) is 9.44. The minimum atomic E-state index is 0. The number of aryl methyl sites for hydroxylation is 1. The molecule has 0 aliphatic carbocycles. The number of nitrogens with one attached hydrogen (secondary N) is 2. The number of hydrogen-bond acceptors (Lipinski definition) is 5. The van der Waals surface area contributed by atoms with Gasteiger partial charge in [-0.05, 0) is 25.5 Å². The molecule has 2 aromatic rings. The number of methoxy groups -OCH3 is 1. The van der Waals surface area contributed by atoms with Crippen LogP contribution in [0.1, 0.15) is 30.6 Å². The fourth-order valence-electron chi connectivity index (χ4n) is 3.20. The molecule has 3 rings (SSSR count). The highest BCUT2D eigenvalue weighted by atomic mass is 127. The Hall–Kier alpha value is -1.59. The Balaban J connectivity index is 0.00000300. The van der Waals surface area contributed by atoms with Crippen molar-refractivity contribution in [3.63, 3.8) is 0 Å². The van der Waals surface area contributed by atoms with Crippen LogP contribution in [0.15, 0.2) is 23.2 Å². The zero-order valence-electron chi connectivity index (χ0n) is 16.9. The predicted octanol–water partition coefficient (Wildman–Crippen LogP) is 2.77. The summed E-state index contributed by atoms with van der Waals surface area (Å²) in [6.07, 6.45) is 1.84. The number of aromatic nitrogens is 3. The smallest absolute Gasteiger partial charge is 0.191 e. The number of benzene rings is 1. The summed E-state index contributed by atoms with van der Waals surface area (Å²) in [5.41, 5.74) is 1.03. The van der Waals surface area contributed by atoms with Gasteiger partial charge in [0.05, 0.1) is 13.2 Å². The molecule has 0 fully saturated rings. The number of guanidine groups is 1. The van der Waals surface area contributed by atoms with Crippen LogP contribution < -0.4 is 15.4 Å². The van der Waals surface area contributed by atoms with E-state index in [1.165, 1.54) is 0 Å². The van der Waals surface area contributed by atoms with Gasteiger partial charge in [-0.15, -0.1) is 24.0 Å². The fraction of sp³-hybridized carbons (Fsp3) is 0.526. The molecule has 0 saturated heterocycles. The van der Waals surface area contributed by atoms with E-state index < -0.39 is 0 Å². The molecule has 1 atom stereocenters. The van der Waals surface area contributed by atoms with Crippen molar-refractivity contribution in [2.24, 2.45) is 4.99 Å². The maximum Gasteiger partial charge on any atom is 0.191 e. The number of fused-ring (bicyclic) bond motifs is 1. The summed E-state index contributed by atoms with van der Waals surface area (Å²) in [5.74, 6) is 3.26. The van der Waals surface area contributed by atoms with Crippen molar-refractivity contribution in [1.82, 2.24) is 25.4 Å². The Bertz CT molecular complexity index is 829. The van der Waals surface area contributed by atoms with Gasteiger partial charge in [0.25, 0.3) is 0 Å². The van der Waals surface area contributed by atoms with E-state index in [0.29, 0.717) is 24.8 Å². The van der Waals surface area contributed by atoms with Gasteiger partial charge < -0.3 is 20.1 Å². The number of hydrogen-bond donors (Lipinski definition) is 2. The largest absolute Gasteiger partial charge is 0.493 e. The summed E-state index contributed by atoms with van der Waals surface area (Å²) >= 11 is 6.08. The van der Waals surface area contributed by atoms with E-state index in [1.54, 1.807) is 14.2 Å². The van der Waals surface area contributed by atoms with Crippen LogP contribution in [0.3, 0.4) is 0 Å². The lowest BCUT2D eigenvalue weighted by Gasteiger charge is -2.25. The van der Waals surface area contributed by atoms with Gasteiger partial charge in [0.1, 0.15) is 18.2 Å². The standard InChI is InChI=1S/C19H27ClN6O2.HI/c1-4-28-16-9-14(20)6-5-13(16)10-22-19(21-2)23-15-7-8-18-24-17(12-27-3)25-26(18)11-15;/h5-6,9,15H,4,7-8,10-12H2,1-3H3,(H2,21,22,23);1H. The predicted molar refractivity (Wildman–Crippen MR) is 124 cm³/mol. The van der Waals surface area contributed by atoms with Crippen molar-refractivity contribution >= 4 is 41.5 Å². The van der Waals surface area contributed by atoms with Crippen molar-refractivity contribution < 1.29 is 9.47 Å². The number of aliphatic imine (C=N–C) groups is 1. The average molecular weight is 535 g/mol. The molecule has 10 heteroatoms. The molecule has 1 unspecified atom stereocenters. The van der Waals surface area contributed by atoms with Crippen LogP contribution in [0, 0.1) is 0 Å². The lowest BCUT2D eigenvalue weighted by molar-refractivity contribution is 0.177. The molecular weight excluding hydrogens is 507 g/mol. The summed E-state index contributed by atoms with van der Waals surface area (Å²) in [7, 11) is 3.42. The topological polar surface area (TPSA) is 85.6 Å². The van der Waals surface area contributed by atoms with Crippen LogP contribution in [0.4, 0.5) is 0 Å². The van der Waals surface area contributed by atoms with Crippen LogP contribution in [-0.4, -0.2) is 47.5 Å². The second-order valence-corrected chi connectivity index (χ2v) is 6.99. The van der Waals surface area contributed by atoms with Crippen LogP contribution in [-0.2, 0) is 30.9 Å². The average Bonchev–Trinajstić information content (AvgIpc) is 3.08. The van der Waals surface area contributed by atoms with Gasteiger partial charge in [-0.1, -0.05) is 17.7 Å². The third-order valence-electron chi connectivity index (χ3n) is 4.52. The van der Waals surface area contributed by atoms with E-state index in [4.69, 9.17) is 21.1 Å². The maximum absolute atomic E-state index is 6.08. The highest BCUT2D eigenvalue weighted by molar-refractivity contribution is 14.0. The van der Waals surface area contributed by atoms with Gasteiger partial charge in [0, 0.05) is 43.8 Å². The zero-order chi connectivity index (χ0) is 19.9. The SMILES string of the molecule is CCOc1cc(Cl)ccc1CNC(=NC)NC1CCc2nc(COC)nn2C1.I. The Labute approximate surface area is 193 Å². The summed E-state index contributed by atoms with van der Waals surface area (Å²) in [5, 5.41) is 12.0. The molecule has 0 saturated carbocycles. The summed E-state index contributed by atoms with van der Waals surface area (Å²) in [6, 6.07) is 5.89. The highest BCUT2D eigenvalue weighted by Gasteiger charge is 2.22. The van der Waals surface area contributed by atoms with Gasteiger partial charge >= 0.3 is 0 Å². The highest BCUT2D eigenvalue weighted by Crippen LogP contribution is 2.23. The molecule has 1 aliphatic rings. The molecule has 160 valence electrons. The second-order valence-electron chi connectivity index (χ2n) is 6.55. The van der Waals surface area contributed by atoms with Crippen LogP contribution in [0.2, 0.25) is 5.02 Å². The minimum Gasteiger partial charge on any atom is -0.493 e. The first kappa shape index (κ1) is 23.7. The van der Waals surface area contributed by atoms with Gasteiger partial charge in [-0.25, -0.2) is 9.67 Å². The zero-order valence-corrected chi connectivity index (χ0v) is 20.0.